The summed E-state index contributed by atoms with van der Waals surface area (Å²) in [5.74, 6) is -0.872. The molecule has 0 saturated carbocycles. The van der Waals surface area contributed by atoms with Gasteiger partial charge in [0, 0.05) is 11.4 Å². The quantitative estimate of drug-likeness (QED) is 0.459. The summed E-state index contributed by atoms with van der Waals surface area (Å²) in [5, 5.41) is 5.98. The van der Waals surface area contributed by atoms with Crippen LogP contribution in [0.1, 0.15) is 26.3 Å². The highest BCUT2D eigenvalue weighted by Crippen LogP contribution is 2.25. The molecule has 0 atom stereocenters. The van der Waals surface area contributed by atoms with E-state index in [-0.39, 0.29) is 17.2 Å². The lowest BCUT2D eigenvalue weighted by molar-refractivity contribution is 0.555. The molecular weight excluding hydrogens is 373 g/mol. The maximum Gasteiger partial charge on any atom is 0.417 e. The fourth-order valence-corrected chi connectivity index (χ4v) is 2.86. The number of hydrogen-bond acceptors (Lipinski definition) is 6. The van der Waals surface area contributed by atoms with Gasteiger partial charge in [0.05, 0.1) is 11.7 Å². The van der Waals surface area contributed by atoms with Gasteiger partial charge in [-0.25, -0.2) is 14.2 Å². The molecular formula is C21H20FN5O2. The van der Waals surface area contributed by atoms with Gasteiger partial charge < -0.3 is 15.1 Å². The van der Waals surface area contributed by atoms with Crippen LogP contribution >= 0.6 is 0 Å². The number of anilines is 4. The van der Waals surface area contributed by atoms with E-state index in [0.717, 1.165) is 11.9 Å². The zero-order valence-electron chi connectivity index (χ0n) is 16.2. The van der Waals surface area contributed by atoms with E-state index in [1.807, 2.05) is 24.3 Å². The predicted molar refractivity (Wildman–Crippen MR) is 111 cm³/mol. The Balaban J connectivity index is 1.56. The maximum atomic E-state index is 14.2. The largest absolute Gasteiger partial charge is 0.417 e. The Kier molecular flexibility index (Phi) is 4.54. The zero-order valence-corrected chi connectivity index (χ0v) is 16.2. The van der Waals surface area contributed by atoms with Crippen molar-refractivity contribution in [3.05, 3.63) is 70.6 Å². The third-order valence-electron chi connectivity index (χ3n) is 4.43. The van der Waals surface area contributed by atoms with Gasteiger partial charge in [-0.15, -0.1) is 0 Å². The van der Waals surface area contributed by atoms with Crippen molar-refractivity contribution in [3.63, 3.8) is 0 Å². The summed E-state index contributed by atoms with van der Waals surface area (Å²) in [7, 11) is 0. The van der Waals surface area contributed by atoms with Crippen LogP contribution in [0.5, 0.6) is 0 Å². The van der Waals surface area contributed by atoms with Crippen LogP contribution < -0.4 is 16.4 Å². The van der Waals surface area contributed by atoms with Crippen LogP contribution in [0.4, 0.5) is 27.5 Å². The number of hydrogen-bond donors (Lipinski definition) is 3. The topological polar surface area (TPSA) is 95.8 Å². The zero-order chi connectivity index (χ0) is 20.6. The molecule has 4 rings (SSSR count). The van der Waals surface area contributed by atoms with Crippen LogP contribution in [-0.2, 0) is 5.41 Å². The molecule has 0 spiro atoms. The van der Waals surface area contributed by atoms with Crippen molar-refractivity contribution in [2.75, 3.05) is 10.6 Å². The normalized spacial score (nSPS) is 11.6. The van der Waals surface area contributed by atoms with E-state index in [1.54, 1.807) is 18.2 Å². The molecule has 0 bridgehead atoms. The predicted octanol–water partition coefficient (Wildman–Crippen LogP) is 4.83. The van der Waals surface area contributed by atoms with E-state index in [1.165, 1.54) is 5.56 Å². The third kappa shape index (κ3) is 4.11. The highest BCUT2D eigenvalue weighted by atomic mass is 19.1. The molecule has 8 heteroatoms. The number of aromatic nitrogens is 3. The second-order valence-corrected chi connectivity index (χ2v) is 7.69. The molecule has 0 saturated heterocycles. The lowest BCUT2D eigenvalue weighted by atomic mass is 9.87. The summed E-state index contributed by atoms with van der Waals surface area (Å²) >= 11 is 0. The molecule has 4 aromatic rings. The Hall–Kier alpha value is -3.68. The number of halogens is 1. The van der Waals surface area contributed by atoms with Gasteiger partial charge in [0.15, 0.2) is 17.2 Å². The van der Waals surface area contributed by atoms with E-state index in [4.69, 9.17) is 4.42 Å². The monoisotopic (exact) mass is 393 g/mol. The average molecular weight is 393 g/mol. The first-order valence-corrected chi connectivity index (χ1v) is 9.08. The van der Waals surface area contributed by atoms with Crippen molar-refractivity contribution in [2.24, 2.45) is 0 Å². The van der Waals surface area contributed by atoms with E-state index in [2.05, 4.69) is 46.4 Å². The minimum Gasteiger partial charge on any atom is -0.408 e. The van der Waals surface area contributed by atoms with Gasteiger partial charge in [-0.1, -0.05) is 32.9 Å². The fourth-order valence-electron chi connectivity index (χ4n) is 2.86. The highest BCUT2D eigenvalue weighted by Gasteiger charge is 2.13. The summed E-state index contributed by atoms with van der Waals surface area (Å²) < 4.78 is 19.2. The van der Waals surface area contributed by atoms with E-state index < -0.39 is 11.6 Å². The summed E-state index contributed by atoms with van der Waals surface area (Å²) in [4.78, 5) is 22.0. The Morgan fingerprint density at radius 3 is 2.48 bits per heavy atom. The van der Waals surface area contributed by atoms with Crippen molar-refractivity contribution in [2.45, 2.75) is 26.2 Å². The minimum atomic E-state index is -0.598. The Morgan fingerprint density at radius 2 is 1.76 bits per heavy atom. The van der Waals surface area contributed by atoms with Crippen molar-refractivity contribution in [1.29, 1.82) is 0 Å². The van der Waals surface area contributed by atoms with Gasteiger partial charge in [-0.05, 0) is 41.3 Å². The van der Waals surface area contributed by atoms with Gasteiger partial charge in [0.1, 0.15) is 0 Å². The number of nitrogens with one attached hydrogen (secondary N) is 3. The van der Waals surface area contributed by atoms with Crippen molar-refractivity contribution < 1.29 is 8.81 Å². The smallest absolute Gasteiger partial charge is 0.408 e. The summed E-state index contributed by atoms with van der Waals surface area (Å²) in [6.45, 7) is 6.44. The van der Waals surface area contributed by atoms with Crippen molar-refractivity contribution in [1.82, 2.24) is 15.0 Å². The van der Waals surface area contributed by atoms with E-state index in [9.17, 15) is 9.18 Å². The number of rotatable bonds is 4. The number of benzene rings is 2. The minimum absolute atomic E-state index is 0.0130. The number of aromatic amines is 1. The van der Waals surface area contributed by atoms with Crippen LogP contribution in [0, 0.1) is 5.82 Å². The van der Waals surface area contributed by atoms with Gasteiger partial charge in [0.2, 0.25) is 5.95 Å². The molecule has 0 unspecified atom stereocenters. The highest BCUT2D eigenvalue weighted by molar-refractivity contribution is 5.78. The summed E-state index contributed by atoms with van der Waals surface area (Å²) in [6.07, 6.45) is 1.10. The van der Waals surface area contributed by atoms with Gasteiger partial charge in [-0.3, -0.25) is 4.98 Å². The molecule has 148 valence electrons. The molecule has 0 aliphatic rings. The van der Waals surface area contributed by atoms with E-state index >= 15 is 0 Å². The first-order valence-electron chi connectivity index (χ1n) is 9.08. The number of fused-ring (bicyclic) bond motifs is 1. The van der Waals surface area contributed by atoms with E-state index in [0.29, 0.717) is 16.8 Å². The molecule has 2 aromatic heterocycles. The molecule has 3 N–H and O–H groups in total. The number of H-pyrrole nitrogens is 1. The molecule has 7 nitrogen and oxygen atoms in total. The lowest BCUT2D eigenvalue weighted by Gasteiger charge is -2.19. The Morgan fingerprint density at radius 1 is 1.03 bits per heavy atom. The van der Waals surface area contributed by atoms with Crippen LogP contribution in [0.2, 0.25) is 0 Å². The van der Waals surface area contributed by atoms with Crippen LogP contribution in [0.25, 0.3) is 11.1 Å². The molecule has 0 aliphatic carbocycles. The maximum absolute atomic E-state index is 14.2. The number of nitrogens with zero attached hydrogens (tertiary/aromatic N) is 2. The summed E-state index contributed by atoms with van der Waals surface area (Å²) in [5.41, 5.74) is 3.54. The average Bonchev–Trinajstić information content (AvgIpc) is 3.03. The molecule has 2 heterocycles. The second-order valence-electron chi connectivity index (χ2n) is 7.69. The second kappa shape index (κ2) is 7.05. The molecule has 29 heavy (non-hydrogen) atoms. The van der Waals surface area contributed by atoms with Gasteiger partial charge >= 0.3 is 5.76 Å². The van der Waals surface area contributed by atoms with Gasteiger partial charge in [0.25, 0.3) is 0 Å². The molecule has 0 fully saturated rings. The van der Waals surface area contributed by atoms with Crippen LogP contribution in [-0.4, -0.2) is 15.0 Å². The third-order valence-corrected chi connectivity index (χ3v) is 4.43. The van der Waals surface area contributed by atoms with Crippen LogP contribution in [0.15, 0.2) is 57.9 Å². The SMILES string of the molecule is CC(C)(C)c1ccc(Nc2ncc(F)c(Nc3ccc4oc(=O)[nH]c4c3)n2)cc1. The lowest BCUT2D eigenvalue weighted by Crippen LogP contribution is -2.10. The fraction of sp³-hybridized carbons (Fsp3) is 0.190. The first kappa shape index (κ1) is 18.7. The molecule has 0 amide bonds. The van der Waals surface area contributed by atoms with Crippen molar-refractivity contribution in [3.8, 4) is 0 Å². The summed E-state index contributed by atoms with van der Waals surface area (Å²) in [6, 6.07) is 12.9. The Labute approximate surface area is 166 Å². The van der Waals surface area contributed by atoms with Crippen molar-refractivity contribution >= 4 is 34.2 Å². The number of oxazole rings is 1. The first-order chi connectivity index (χ1) is 13.8. The standard InChI is InChI=1S/C21H20FN5O2/c1-21(2,3)12-4-6-13(7-5-12)25-19-23-11-15(22)18(27-19)24-14-8-9-17-16(10-14)26-20(28)29-17/h4-11H,1-3H3,(H,26,28)(H2,23,24,25,27). The molecule has 2 aromatic carbocycles. The Bertz CT molecular complexity index is 1220. The van der Waals surface area contributed by atoms with Crippen LogP contribution in [0.3, 0.4) is 0 Å². The molecule has 0 radical (unpaired) electrons. The molecule has 0 aliphatic heterocycles. The van der Waals surface area contributed by atoms with Gasteiger partial charge in [-0.2, -0.15) is 4.98 Å².